The van der Waals surface area contributed by atoms with E-state index in [-0.39, 0.29) is 0 Å². The van der Waals surface area contributed by atoms with Gasteiger partial charge in [0.1, 0.15) is 0 Å². The highest BCUT2D eigenvalue weighted by molar-refractivity contribution is 5.99. The first kappa shape index (κ1) is 22.7. The second kappa shape index (κ2) is 9.69. The number of carboxylic acid groups (broad SMARTS) is 1. The van der Waals surface area contributed by atoms with Crippen LogP contribution >= 0.6 is 0 Å². The van der Waals surface area contributed by atoms with E-state index in [4.69, 9.17) is 0 Å². The number of nitrogens with zero attached hydrogens (tertiary/aromatic N) is 2. The Morgan fingerprint density at radius 2 is 1.80 bits per heavy atom. The van der Waals surface area contributed by atoms with Gasteiger partial charge >= 0.3 is 5.97 Å². The minimum Gasteiger partial charge on any atom is -0.478 e. The van der Waals surface area contributed by atoms with Crippen molar-refractivity contribution in [2.75, 3.05) is 24.5 Å². The molecule has 2 N–H and O–H groups in total. The van der Waals surface area contributed by atoms with Crippen molar-refractivity contribution in [3.05, 3.63) is 53.6 Å². The van der Waals surface area contributed by atoms with Crippen molar-refractivity contribution < 1.29 is 9.90 Å². The molecule has 0 amide bonds. The van der Waals surface area contributed by atoms with Gasteiger partial charge in [-0.05, 0) is 68.3 Å². The third kappa shape index (κ3) is 4.24. The van der Waals surface area contributed by atoms with Crippen LogP contribution in [0.15, 0.2) is 42.5 Å². The zero-order chi connectivity index (χ0) is 23.8. The standard InChI is InChI=1S/C30H37N3O2/c34-30(35)22-13-14-24-27(20-22)33-19-18-32(17-15-23-10-6-7-16-31-23)26-12-5-4-11-25(26)29(33)28(24)21-8-2-1-3-9-21/h4-5,11-14,20-21,23,31H,1-3,6-10,15-19H2,(H,34,35). The number of nitrogens with one attached hydrogen (secondary N) is 1. The van der Waals surface area contributed by atoms with Crippen LogP contribution in [0.5, 0.6) is 0 Å². The van der Waals surface area contributed by atoms with E-state index in [1.54, 1.807) is 6.07 Å². The van der Waals surface area contributed by atoms with Gasteiger partial charge < -0.3 is 19.9 Å². The fraction of sp³-hybridized carbons (Fsp3) is 0.500. The Morgan fingerprint density at radius 3 is 2.60 bits per heavy atom. The molecule has 2 aromatic carbocycles. The van der Waals surface area contributed by atoms with E-state index in [0.29, 0.717) is 17.5 Å². The van der Waals surface area contributed by atoms with Gasteiger partial charge in [-0.25, -0.2) is 4.79 Å². The summed E-state index contributed by atoms with van der Waals surface area (Å²) in [4.78, 5) is 14.4. The molecule has 1 saturated carbocycles. The summed E-state index contributed by atoms with van der Waals surface area (Å²) < 4.78 is 2.45. The van der Waals surface area contributed by atoms with Gasteiger partial charge in [0.25, 0.3) is 0 Å². The summed E-state index contributed by atoms with van der Waals surface area (Å²) in [6.45, 7) is 4.03. The number of piperidine rings is 1. The van der Waals surface area contributed by atoms with Crippen molar-refractivity contribution in [3.63, 3.8) is 0 Å². The zero-order valence-electron chi connectivity index (χ0n) is 20.6. The van der Waals surface area contributed by atoms with Gasteiger partial charge in [0.15, 0.2) is 0 Å². The van der Waals surface area contributed by atoms with Crippen molar-refractivity contribution >= 4 is 22.6 Å². The molecule has 6 rings (SSSR count). The maximum Gasteiger partial charge on any atom is 0.335 e. The van der Waals surface area contributed by atoms with E-state index in [9.17, 15) is 9.90 Å². The molecule has 1 aliphatic carbocycles. The molecular weight excluding hydrogens is 434 g/mol. The molecule has 0 radical (unpaired) electrons. The van der Waals surface area contributed by atoms with Crippen LogP contribution in [0.3, 0.4) is 0 Å². The average Bonchev–Trinajstić information content (AvgIpc) is 3.14. The SMILES string of the molecule is O=C(O)c1ccc2c(C3CCCCC3)c3n(c2c1)CCN(CCC1CCCCN1)c1ccccc1-3. The van der Waals surface area contributed by atoms with Gasteiger partial charge in [-0.2, -0.15) is 0 Å². The Hall–Kier alpha value is -2.79. The van der Waals surface area contributed by atoms with E-state index in [1.807, 2.05) is 6.07 Å². The summed E-state index contributed by atoms with van der Waals surface area (Å²) in [5, 5.41) is 14.7. The first-order valence-electron chi connectivity index (χ1n) is 13.7. The smallest absolute Gasteiger partial charge is 0.335 e. The van der Waals surface area contributed by atoms with Crippen LogP contribution in [0.25, 0.3) is 22.2 Å². The molecule has 5 nitrogen and oxygen atoms in total. The number of aromatic nitrogens is 1. The minimum atomic E-state index is -0.850. The average molecular weight is 472 g/mol. The predicted molar refractivity (Wildman–Crippen MR) is 143 cm³/mol. The largest absolute Gasteiger partial charge is 0.478 e. The van der Waals surface area contributed by atoms with Crippen LogP contribution in [0.4, 0.5) is 5.69 Å². The lowest BCUT2D eigenvalue weighted by molar-refractivity contribution is 0.0697. The predicted octanol–water partition coefficient (Wildman–Crippen LogP) is 6.41. The Morgan fingerprint density at radius 1 is 0.971 bits per heavy atom. The maximum absolute atomic E-state index is 11.9. The molecular formula is C30H37N3O2. The van der Waals surface area contributed by atoms with E-state index >= 15 is 0 Å². The zero-order valence-corrected chi connectivity index (χ0v) is 20.6. The lowest BCUT2D eigenvalue weighted by atomic mass is 9.81. The molecule has 5 heteroatoms. The highest BCUT2D eigenvalue weighted by atomic mass is 16.4. The molecule has 2 fully saturated rings. The first-order valence-corrected chi connectivity index (χ1v) is 13.7. The molecule has 0 spiro atoms. The van der Waals surface area contributed by atoms with Gasteiger partial charge in [0, 0.05) is 47.8 Å². The van der Waals surface area contributed by atoms with Crippen LogP contribution < -0.4 is 10.2 Å². The Balaban J connectivity index is 1.46. The molecule has 184 valence electrons. The normalized spacial score (nSPS) is 20.9. The second-order valence-electron chi connectivity index (χ2n) is 10.7. The van der Waals surface area contributed by atoms with E-state index < -0.39 is 5.97 Å². The quantitative estimate of drug-likeness (QED) is 0.452. The molecule has 0 bridgehead atoms. The molecule has 2 aliphatic heterocycles. The number of carboxylic acids is 1. The molecule has 1 saturated heterocycles. The minimum absolute atomic E-state index is 0.380. The van der Waals surface area contributed by atoms with Crippen LogP contribution in [0.2, 0.25) is 0 Å². The van der Waals surface area contributed by atoms with Gasteiger partial charge in [-0.1, -0.05) is 49.9 Å². The van der Waals surface area contributed by atoms with Gasteiger partial charge in [0.05, 0.1) is 11.3 Å². The van der Waals surface area contributed by atoms with Crippen LogP contribution in [0, 0.1) is 0 Å². The lowest BCUT2D eigenvalue weighted by Gasteiger charge is -2.29. The van der Waals surface area contributed by atoms with Crippen molar-refractivity contribution in [1.82, 2.24) is 9.88 Å². The summed E-state index contributed by atoms with van der Waals surface area (Å²) in [7, 11) is 0. The maximum atomic E-state index is 11.9. The number of hydrogen-bond acceptors (Lipinski definition) is 3. The molecule has 3 aliphatic rings. The summed E-state index contributed by atoms with van der Waals surface area (Å²) >= 11 is 0. The third-order valence-corrected chi connectivity index (χ3v) is 8.62. The van der Waals surface area contributed by atoms with E-state index in [0.717, 1.165) is 31.7 Å². The first-order chi connectivity index (χ1) is 17.2. The van der Waals surface area contributed by atoms with Crippen molar-refractivity contribution in [1.29, 1.82) is 0 Å². The number of para-hydroxylation sites is 1. The Bertz CT molecular complexity index is 1220. The van der Waals surface area contributed by atoms with Crippen LogP contribution in [0.1, 0.15) is 79.6 Å². The summed E-state index contributed by atoms with van der Waals surface area (Å²) in [6, 6.07) is 15.3. The van der Waals surface area contributed by atoms with Crippen LogP contribution in [-0.2, 0) is 6.54 Å². The molecule has 3 aromatic rings. The number of rotatable bonds is 5. The number of fused-ring (bicyclic) bond motifs is 5. The summed E-state index contributed by atoms with van der Waals surface area (Å²) in [6.07, 6.45) is 11.4. The van der Waals surface area contributed by atoms with Gasteiger partial charge in [0.2, 0.25) is 0 Å². The molecule has 3 heterocycles. The van der Waals surface area contributed by atoms with Gasteiger partial charge in [-0.15, -0.1) is 0 Å². The Labute approximate surface area is 208 Å². The van der Waals surface area contributed by atoms with E-state index in [1.165, 1.54) is 85.7 Å². The fourth-order valence-electron chi connectivity index (χ4n) is 6.84. The summed E-state index contributed by atoms with van der Waals surface area (Å²) in [5.74, 6) is -0.304. The molecule has 35 heavy (non-hydrogen) atoms. The molecule has 1 unspecified atom stereocenters. The molecule has 1 aromatic heterocycles. The number of carbonyl (C=O) groups is 1. The highest BCUT2D eigenvalue weighted by Gasteiger charge is 2.30. The number of benzene rings is 2. The number of aromatic carboxylic acids is 1. The van der Waals surface area contributed by atoms with Crippen LogP contribution in [-0.4, -0.2) is 41.3 Å². The molecule has 1 atom stereocenters. The third-order valence-electron chi connectivity index (χ3n) is 8.62. The van der Waals surface area contributed by atoms with E-state index in [2.05, 4.69) is 45.1 Å². The van der Waals surface area contributed by atoms with Crippen molar-refractivity contribution in [3.8, 4) is 11.3 Å². The monoisotopic (exact) mass is 471 g/mol. The fourth-order valence-corrected chi connectivity index (χ4v) is 6.84. The van der Waals surface area contributed by atoms with Crippen molar-refractivity contribution in [2.45, 2.75) is 76.3 Å². The highest BCUT2D eigenvalue weighted by Crippen LogP contribution is 2.47. The second-order valence-corrected chi connectivity index (χ2v) is 10.7. The number of hydrogen-bond donors (Lipinski definition) is 2. The summed E-state index contributed by atoms with van der Waals surface area (Å²) in [5.41, 5.74) is 6.91. The lowest BCUT2D eigenvalue weighted by Crippen LogP contribution is -2.38. The number of anilines is 1. The van der Waals surface area contributed by atoms with Gasteiger partial charge in [-0.3, -0.25) is 0 Å². The van der Waals surface area contributed by atoms with Crippen molar-refractivity contribution in [2.24, 2.45) is 0 Å². The topological polar surface area (TPSA) is 57.5 Å². The Kier molecular flexibility index (Phi) is 6.28.